The van der Waals surface area contributed by atoms with Gasteiger partial charge in [-0.3, -0.25) is 19.3 Å². The lowest BCUT2D eigenvalue weighted by Gasteiger charge is -2.37. The highest BCUT2D eigenvalue weighted by atomic mass is 16.2. The van der Waals surface area contributed by atoms with Gasteiger partial charge in [-0.25, -0.2) is 5.01 Å². The van der Waals surface area contributed by atoms with Gasteiger partial charge < -0.3 is 5.32 Å². The van der Waals surface area contributed by atoms with Gasteiger partial charge in [0, 0.05) is 43.6 Å². The highest BCUT2D eigenvalue weighted by Crippen LogP contribution is 2.28. The lowest BCUT2D eigenvalue weighted by atomic mass is 10.00. The fourth-order valence-corrected chi connectivity index (χ4v) is 5.37. The van der Waals surface area contributed by atoms with Crippen LogP contribution in [-0.2, 0) is 22.7 Å². The van der Waals surface area contributed by atoms with Gasteiger partial charge in [0.25, 0.3) is 5.91 Å². The number of carbonyl (C=O) groups excluding carboxylic acids is 3. The summed E-state index contributed by atoms with van der Waals surface area (Å²) in [5, 5.41) is 6.09. The fourth-order valence-electron chi connectivity index (χ4n) is 5.37. The molecule has 3 aliphatic rings. The zero-order chi connectivity index (χ0) is 23.7. The minimum atomic E-state index is -0.286. The number of benzene rings is 2. The van der Waals surface area contributed by atoms with Crippen molar-refractivity contribution in [2.24, 2.45) is 0 Å². The average Bonchev–Trinajstić information content (AvgIpc) is 3.18. The summed E-state index contributed by atoms with van der Waals surface area (Å²) in [4.78, 5) is 40.0. The van der Waals surface area contributed by atoms with E-state index < -0.39 is 0 Å². The number of nitrogens with one attached hydrogen (secondary N) is 1. The van der Waals surface area contributed by atoms with E-state index in [0.29, 0.717) is 36.9 Å². The zero-order valence-corrected chi connectivity index (χ0v) is 19.7. The minimum absolute atomic E-state index is 0.268. The molecule has 7 heteroatoms. The SMILES string of the molecule is C[C@@H](c1ccccc1)N1CCC[C@@H](NCc2ccc3c(c2)CN(N2C(=O)CCCC2=O)C3=O)C1. The molecule has 0 radical (unpaired) electrons. The van der Waals surface area contributed by atoms with Crippen LogP contribution in [0.4, 0.5) is 0 Å². The van der Waals surface area contributed by atoms with Crippen molar-refractivity contribution < 1.29 is 14.4 Å². The number of fused-ring (bicyclic) bond motifs is 1. The molecule has 0 saturated carbocycles. The molecule has 2 fully saturated rings. The highest BCUT2D eigenvalue weighted by Gasteiger charge is 2.39. The van der Waals surface area contributed by atoms with E-state index in [2.05, 4.69) is 47.5 Å². The summed E-state index contributed by atoms with van der Waals surface area (Å²) >= 11 is 0. The number of imide groups is 1. The normalized spacial score (nSPS) is 22.3. The second kappa shape index (κ2) is 9.68. The molecule has 3 amide bonds. The number of hydrazine groups is 1. The van der Waals surface area contributed by atoms with E-state index in [-0.39, 0.29) is 24.3 Å². The van der Waals surface area contributed by atoms with Crippen LogP contribution in [0.1, 0.15) is 72.1 Å². The van der Waals surface area contributed by atoms with Crippen molar-refractivity contribution in [3.8, 4) is 0 Å². The Morgan fingerprint density at radius 3 is 2.53 bits per heavy atom. The summed E-state index contributed by atoms with van der Waals surface area (Å²) in [6, 6.07) is 17.3. The van der Waals surface area contributed by atoms with Crippen molar-refractivity contribution in [1.29, 1.82) is 0 Å². The number of hydrogen-bond acceptors (Lipinski definition) is 5. The van der Waals surface area contributed by atoms with Crippen LogP contribution in [0.15, 0.2) is 48.5 Å². The van der Waals surface area contributed by atoms with E-state index >= 15 is 0 Å². The molecule has 7 nitrogen and oxygen atoms in total. The Labute approximate surface area is 200 Å². The molecule has 0 spiro atoms. The van der Waals surface area contributed by atoms with Crippen molar-refractivity contribution in [3.05, 3.63) is 70.8 Å². The van der Waals surface area contributed by atoms with Gasteiger partial charge in [-0.1, -0.05) is 42.5 Å². The number of rotatable bonds is 6. The van der Waals surface area contributed by atoms with Crippen LogP contribution in [0.3, 0.4) is 0 Å². The van der Waals surface area contributed by atoms with Gasteiger partial charge in [-0.15, -0.1) is 0 Å². The van der Waals surface area contributed by atoms with Crippen molar-refractivity contribution >= 4 is 17.7 Å². The van der Waals surface area contributed by atoms with Crippen LogP contribution in [0.25, 0.3) is 0 Å². The maximum atomic E-state index is 12.9. The third-order valence-corrected chi connectivity index (χ3v) is 7.33. The first kappa shape index (κ1) is 22.7. The summed E-state index contributed by atoms with van der Waals surface area (Å²) in [7, 11) is 0. The summed E-state index contributed by atoms with van der Waals surface area (Å²) in [5.74, 6) is -0.840. The molecular formula is C27H32N4O3. The number of carbonyl (C=O) groups is 3. The quantitative estimate of drug-likeness (QED) is 0.669. The van der Waals surface area contributed by atoms with Crippen LogP contribution >= 0.6 is 0 Å². The second-order valence-corrected chi connectivity index (χ2v) is 9.61. The predicted octanol–water partition coefficient (Wildman–Crippen LogP) is 3.41. The summed E-state index contributed by atoms with van der Waals surface area (Å²) in [5.41, 5.74) is 3.91. The summed E-state index contributed by atoms with van der Waals surface area (Å²) < 4.78 is 0. The largest absolute Gasteiger partial charge is 0.309 e. The maximum Gasteiger partial charge on any atom is 0.273 e. The van der Waals surface area contributed by atoms with Gasteiger partial charge in [-0.05, 0) is 55.5 Å². The lowest BCUT2D eigenvalue weighted by Crippen LogP contribution is -2.51. The van der Waals surface area contributed by atoms with Crippen molar-refractivity contribution in [2.75, 3.05) is 13.1 Å². The first-order valence-electron chi connectivity index (χ1n) is 12.3. The molecule has 0 bridgehead atoms. The van der Waals surface area contributed by atoms with Crippen LogP contribution < -0.4 is 5.32 Å². The Balaban J connectivity index is 1.21. The van der Waals surface area contributed by atoms with E-state index in [4.69, 9.17) is 0 Å². The summed E-state index contributed by atoms with van der Waals surface area (Å²) in [6.45, 7) is 5.39. The molecule has 34 heavy (non-hydrogen) atoms. The zero-order valence-electron chi connectivity index (χ0n) is 19.7. The molecule has 0 aromatic heterocycles. The van der Waals surface area contributed by atoms with Gasteiger partial charge in [0.1, 0.15) is 0 Å². The van der Waals surface area contributed by atoms with Gasteiger partial charge in [-0.2, -0.15) is 5.01 Å². The second-order valence-electron chi connectivity index (χ2n) is 9.61. The predicted molar refractivity (Wildman–Crippen MR) is 128 cm³/mol. The summed E-state index contributed by atoms with van der Waals surface area (Å²) in [6.07, 6.45) is 3.49. The van der Waals surface area contributed by atoms with Gasteiger partial charge >= 0.3 is 0 Å². The molecule has 178 valence electrons. The van der Waals surface area contributed by atoms with E-state index in [1.165, 1.54) is 17.0 Å². The third kappa shape index (κ3) is 4.50. The molecule has 2 aromatic carbocycles. The Bertz CT molecular complexity index is 1070. The van der Waals surface area contributed by atoms with E-state index in [9.17, 15) is 14.4 Å². The number of amides is 3. The lowest BCUT2D eigenvalue weighted by molar-refractivity contribution is -0.163. The molecule has 0 unspecified atom stereocenters. The van der Waals surface area contributed by atoms with Crippen molar-refractivity contribution in [1.82, 2.24) is 20.2 Å². The average molecular weight is 461 g/mol. The molecule has 3 aliphatic heterocycles. The Kier molecular flexibility index (Phi) is 6.48. The first-order valence-corrected chi connectivity index (χ1v) is 12.3. The Morgan fingerprint density at radius 1 is 1.00 bits per heavy atom. The third-order valence-electron chi connectivity index (χ3n) is 7.33. The molecule has 0 aliphatic carbocycles. The number of likely N-dealkylation sites (tertiary alicyclic amines) is 1. The van der Waals surface area contributed by atoms with Crippen molar-refractivity contribution in [3.63, 3.8) is 0 Å². The van der Waals surface area contributed by atoms with Gasteiger partial charge in [0.05, 0.1) is 6.54 Å². The van der Waals surface area contributed by atoms with Crippen LogP contribution in [0, 0.1) is 0 Å². The van der Waals surface area contributed by atoms with Crippen LogP contribution in [0.5, 0.6) is 0 Å². The molecule has 3 heterocycles. The van der Waals surface area contributed by atoms with E-state index in [1.54, 1.807) is 0 Å². The van der Waals surface area contributed by atoms with E-state index in [0.717, 1.165) is 42.2 Å². The highest BCUT2D eigenvalue weighted by molar-refractivity contribution is 6.04. The van der Waals surface area contributed by atoms with Crippen LogP contribution in [-0.4, -0.2) is 51.8 Å². The molecule has 2 saturated heterocycles. The van der Waals surface area contributed by atoms with Gasteiger partial charge in [0.2, 0.25) is 11.8 Å². The first-order chi connectivity index (χ1) is 16.5. The number of nitrogens with zero attached hydrogens (tertiary/aromatic N) is 3. The number of piperidine rings is 2. The van der Waals surface area contributed by atoms with Gasteiger partial charge in [0.15, 0.2) is 0 Å². The van der Waals surface area contributed by atoms with Crippen molar-refractivity contribution in [2.45, 2.75) is 64.2 Å². The standard InChI is InChI=1S/C27H32N4O3/c1-19(21-7-3-2-4-8-21)29-14-6-9-23(18-29)28-16-20-12-13-24-22(15-20)17-30(27(24)34)31-25(32)10-5-11-26(31)33/h2-4,7-8,12-13,15,19,23,28H,5-6,9-11,14,16-18H2,1H3/t19-,23+/m0/s1. The topological polar surface area (TPSA) is 73.0 Å². The Hall–Kier alpha value is -3.03. The van der Waals surface area contributed by atoms with Crippen LogP contribution in [0.2, 0.25) is 0 Å². The maximum absolute atomic E-state index is 12.9. The molecular weight excluding hydrogens is 428 g/mol. The number of hydrogen-bond donors (Lipinski definition) is 1. The minimum Gasteiger partial charge on any atom is -0.309 e. The molecule has 5 rings (SSSR count). The monoisotopic (exact) mass is 460 g/mol. The molecule has 2 aromatic rings. The Morgan fingerprint density at radius 2 is 1.76 bits per heavy atom. The van der Waals surface area contributed by atoms with E-state index in [1.807, 2.05) is 18.2 Å². The smallest absolute Gasteiger partial charge is 0.273 e. The molecule has 2 atom stereocenters. The fraction of sp³-hybridized carbons (Fsp3) is 0.444. The molecule has 1 N–H and O–H groups in total.